The van der Waals surface area contributed by atoms with Crippen LogP contribution in [0, 0.1) is 0 Å². The predicted molar refractivity (Wildman–Crippen MR) is 58.4 cm³/mol. The van der Waals surface area contributed by atoms with Gasteiger partial charge in [0.25, 0.3) is 0 Å². The number of hydrogen-bond donors (Lipinski definition) is 1. The Balaban J connectivity index is 1.99. The van der Waals surface area contributed by atoms with Crippen molar-refractivity contribution in [3.8, 4) is 0 Å². The van der Waals surface area contributed by atoms with E-state index in [0.717, 1.165) is 5.56 Å². The molecule has 1 aromatic carbocycles. The van der Waals surface area contributed by atoms with Crippen LogP contribution >= 0.6 is 0 Å². The van der Waals surface area contributed by atoms with E-state index < -0.39 is 0 Å². The Morgan fingerprint density at radius 1 is 1.38 bits per heavy atom. The second-order valence-corrected chi connectivity index (χ2v) is 3.83. The highest BCUT2D eigenvalue weighted by molar-refractivity contribution is 5.74. The summed E-state index contributed by atoms with van der Waals surface area (Å²) in [4.78, 5) is 10.8. The SMILES string of the molecule is NC(=O)CC1CCOC(c2ccccc2)O1. The van der Waals surface area contributed by atoms with Gasteiger partial charge in [-0.25, -0.2) is 0 Å². The van der Waals surface area contributed by atoms with Gasteiger partial charge in [-0.05, 0) is 6.42 Å². The summed E-state index contributed by atoms with van der Waals surface area (Å²) < 4.78 is 11.2. The summed E-state index contributed by atoms with van der Waals surface area (Å²) in [5.74, 6) is -0.335. The van der Waals surface area contributed by atoms with E-state index in [-0.39, 0.29) is 24.7 Å². The Labute approximate surface area is 94.3 Å². The van der Waals surface area contributed by atoms with E-state index in [2.05, 4.69) is 0 Å². The second kappa shape index (κ2) is 5.09. The standard InChI is InChI=1S/C12H15NO3/c13-11(14)8-10-6-7-15-12(16-10)9-4-2-1-3-5-9/h1-5,10,12H,6-8H2,(H2,13,14). The highest BCUT2D eigenvalue weighted by Crippen LogP contribution is 2.27. The summed E-state index contributed by atoms with van der Waals surface area (Å²) in [6, 6.07) is 9.68. The third-order valence-corrected chi connectivity index (χ3v) is 2.53. The molecule has 0 radical (unpaired) electrons. The molecule has 4 heteroatoms. The van der Waals surface area contributed by atoms with Crippen LogP contribution in [0.3, 0.4) is 0 Å². The number of amides is 1. The molecule has 0 saturated carbocycles. The Kier molecular flexibility index (Phi) is 3.54. The summed E-state index contributed by atoms with van der Waals surface area (Å²) in [5, 5.41) is 0. The molecule has 1 aromatic rings. The van der Waals surface area contributed by atoms with Gasteiger partial charge in [-0.1, -0.05) is 30.3 Å². The Morgan fingerprint density at radius 2 is 2.12 bits per heavy atom. The summed E-state index contributed by atoms with van der Waals surface area (Å²) in [6.45, 7) is 0.595. The summed E-state index contributed by atoms with van der Waals surface area (Å²) in [7, 11) is 0. The van der Waals surface area contributed by atoms with Crippen molar-refractivity contribution < 1.29 is 14.3 Å². The molecule has 1 aliphatic heterocycles. The molecule has 1 fully saturated rings. The third kappa shape index (κ3) is 2.81. The Morgan fingerprint density at radius 3 is 2.81 bits per heavy atom. The van der Waals surface area contributed by atoms with Crippen LogP contribution in [0.1, 0.15) is 24.7 Å². The number of carbonyl (C=O) groups excluding carboxylic acids is 1. The normalized spacial score (nSPS) is 25.2. The van der Waals surface area contributed by atoms with Crippen LogP contribution < -0.4 is 5.73 Å². The number of carbonyl (C=O) groups is 1. The Hall–Kier alpha value is -1.39. The summed E-state index contributed by atoms with van der Waals surface area (Å²) in [6.07, 6.45) is 0.467. The van der Waals surface area contributed by atoms with Gasteiger partial charge in [-0.3, -0.25) is 4.79 Å². The van der Waals surface area contributed by atoms with Crippen molar-refractivity contribution in [3.05, 3.63) is 35.9 Å². The van der Waals surface area contributed by atoms with Crippen molar-refractivity contribution in [2.24, 2.45) is 5.73 Å². The molecule has 0 bridgehead atoms. The predicted octanol–water partition coefficient (Wildman–Crippen LogP) is 1.37. The summed E-state index contributed by atoms with van der Waals surface area (Å²) >= 11 is 0. The molecule has 2 unspecified atom stereocenters. The first-order valence-corrected chi connectivity index (χ1v) is 5.36. The van der Waals surface area contributed by atoms with Gasteiger partial charge >= 0.3 is 0 Å². The number of hydrogen-bond acceptors (Lipinski definition) is 3. The molecule has 0 aliphatic carbocycles. The van der Waals surface area contributed by atoms with Gasteiger partial charge in [0, 0.05) is 5.56 Å². The molecular weight excluding hydrogens is 206 g/mol. The topological polar surface area (TPSA) is 61.6 Å². The molecule has 1 aliphatic rings. The van der Waals surface area contributed by atoms with E-state index in [0.29, 0.717) is 13.0 Å². The van der Waals surface area contributed by atoms with Crippen molar-refractivity contribution in [2.75, 3.05) is 6.61 Å². The minimum absolute atomic E-state index is 0.128. The maximum atomic E-state index is 10.8. The zero-order valence-corrected chi connectivity index (χ0v) is 8.96. The largest absolute Gasteiger partial charge is 0.370 e. The lowest BCUT2D eigenvalue weighted by molar-refractivity contribution is -0.217. The molecule has 4 nitrogen and oxygen atoms in total. The first kappa shape index (κ1) is 11.1. The zero-order valence-electron chi connectivity index (χ0n) is 8.96. The lowest BCUT2D eigenvalue weighted by Crippen LogP contribution is -2.30. The first-order valence-electron chi connectivity index (χ1n) is 5.36. The average Bonchev–Trinajstić information content (AvgIpc) is 2.30. The number of benzene rings is 1. The van der Waals surface area contributed by atoms with Crippen LogP contribution in [0.25, 0.3) is 0 Å². The monoisotopic (exact) mass is 221 g/mol. The van der Waals surface area contributed by atoms with Gasteiger partial charge in [-0.15, -0.1) is 0 Å². The molecule has 1 saturated heterocycles. The van der Waals surface area contributed by atoms with Gasteiger partial charge in [0.05, 0.1) is 19.1 Å². The quantitative estimate of drug-likeness (QED) is 0.838. The smallest absolute Gasteiger partial charge is 0.220 e. The molecule has 1 heterocycles. The van der Waals surface area contributed by atoms with Crippen LogP contribution in [0.5, 0.6) is 0 Å². The molecule has 0 spiro atoms. The second-order valence-electron chi connectivity index (χ2n) is 3.83. The molecular formula is C12H15NO3. The van der Waals surface area contributed by atoms with E-state index in [1.807, 2.05) is 30.3 Å². The molecule has 2 N–H and O–H groups in total. The van der Waals surface area contributed by atoms with E-state index in [1.165, 1.54) is 0 Å². The minimum Gasteiger partial charge on any atom is -0.370 e. The van der Waals surface area contributed by atoms with Crippen molar-refractivity contribution in [2.45, 2.75) is 25.2 Å². The van der Waals surface area contributed by atoms with Gasteiger partial charge in [-0.2, -0.15) is 0 Å². The van der Waals surface area contributed by atoms with E-state index >= 15 is 0 Å². The van der Waals surface area contributed by atoms with Crippen molar-refractivity contribution >= 4 is 5.91 Å². The molecule has 16 heavy (non-hydrogen) atoms. The van der Waals surface area contributed by atoms with Crippen LogP contribution in [-0.4, -0.2) is 18.6 Å². The number of nitrogens with two attached hydrogens (primary N) is 1. The fourth-order valence-electron chi connectivity index (χ4n) is 1.75. The molecule has 0 aromatic heterocycles. The van der Waals surface area contributed by atoms with Crippen LogP contribution in [0.2, 0.25) is 0 Å². The fraction of sp³-hybridized carbons (Fsp3) is 0.417. The van der Waals surface area contributed by atoms with E-state index in [9.17, 15) is 4.79 Å². The third-order valence-electron chi connectivity index (χ3n) is 2.53. The summed E-state index contributed by atoms with van der Waals surface area (Å²) in [5.41, 5.74) is 6.12. The molecule has 2 atom stereocenters. The molecule has 1 amide bonds. The fourth-order valence-corrected chi connectivity index (χ4v) is 1.75. The van der Waals surface area contributed by atoms with Gasteiger partial charge < -0.3 is 15.2 Å². The first-order chi connectivity index (χ1) is 7.75. The Bertz CT molecular complexity index is 353. The van der Waals surface area contributed by atoms with E-state index in [1.54, 1.807) is 0 Å². The number of primary amides is 1. The molecule has 86 valence electrons. The zero-order chi connectivity index (χ0) is 11.4. The van der Waals surface area contributed by atoms with Gasteiger partial charge in [0.1, 0.15) is 0 Å². The van der Waals surface area contributed by atoms with Gasteiger partial charge in [0.15, 0.2) is 6.29 Å². The highest BCUT2D eigenvalue weighted by Gasteiger charge is 2.25. The van der Waals surface area contributed by atoms with Crippen molar-refractivity contribution in [3.63, 3.8) is 0 Å². The van der Waals surface area contributed by atoms with Crippen LogP contribution in [-0.2, 0) is 14.3 Å². The lowest BCUT2D eigenvalue weighted by atomic mass is 10.1. The maximum Gasteiger partial charge on any atom is 0.220 e. The minimum atomic E-state index is -0.376. The average molecular weight is 221 g/mol. The lowest BCUT2D eigenvalue weighted by Gasteiger charge is -2.29. The van der Waals surface area contributed by atoms with Crippen LogP contribution in [0.15, 0.2) is 30.3 Å². The van der Waals surface area contributed by atoms with Crippen molar-refractivity contribution in [1.29, 1.82) is 0 Å². The van der Waals surface area contributed by atoms with Crippen molar-refractivity contribution in [1.82, 2.24) is 0 Å². The molecule has 2 rings (SSSR count). The maximum absolute atomic E-state index is 10.8. The highest BCUT2D eigenvalue weighted by atomic mass is 16.7. The van der Waals surface area contributed by atoms with E-state index in [4.69, 9.17) is 15.2 Å². The number of rotatable bonds is 3. The van der Waals surface area contributed by atoms with Gasteiger partial charge in [0.2, 0.25) is 5.91 Å². The number of ether oxygens (including phenoxy) is 2. The van der Waals surface area contributed by atoms with Crippen LogP contribution in [0.4, 0.5) is 0 Å².